The average molecular weight is 267 g/mol. The topological polar surface area (TPSA) is 60.7 Å². The van der Waals surface area contributed by atoms with Crippen molar-refractivity contribution in [3.05, 3.63) is 23.2 Å². The Balaban J connectivity index is 1.88. The molecule has 0 amide bonds. The minimum Gasteiger partial charge on any atom is -0.465 e. The normalized spacial score (nSPS) is 22.7. The number of hydrogen-bond donors (Lipinski definition) is 1. The van der Waals surface area contributed by atoms with Crippen LogP contribution in [0, 0.1) is 6.92 Å². The third-order valence-corrected chi connectivity index (χ3v) is 3.66. The molecule has 0 radical (unpaired) electrons. The minimum atomic E-state index is -0.354. The SMILES string of the molecule is COC(=O)c1cc(CNC2CCC(OC)C2)oc1C. The maximum Gasteiger partial charge on any atom is 0.341 e. The van der Waals surface area contributed by atoms with E-state index in [2.05, 4.69) is 5.32 Å². The summed E-state index contributed by atoms with van der Waals surface area (Å²) in [6.07, 6.45) is 3.60. The molecule has 2 unspecified atom stereocenters. The van der Waals surface area contributed by atoms with Crippen LogP contribution in [-0.2, 0) is 16.0 Å². The Kier molecular flexibility index (Phi) is 4.61. The highest BCUT2D eigenvalue weighted by Crippen LogP contribution is 2.22. The standard InChI is InChI=1S/C14H21NO4/c1-9-13(14(16)18-3)7-12(19-9)8-15-10-4-5-11(6-10)17-2/h7,10-11,15H,4-6,8H2,1-3H3. The summed E-state index contributed by atoms with van der Waals surface area (Å²) < 4.78 is 15.6. The number of furan rings is 1. The summed E-state index contributed by atoms with van der Waals surface area (Å²) in [6, 6.07) is 2.20. The third kappa shape index (κ3) is 3.36. The quantitative estimate of drug-likeness (QED) is 0.827. The lowest BCUT2D eigenvalue weighted by atomic mass is 10.2. The van der Waals surface area contributed by atoms with Crippen LogP contribution < -0.4 is 5.32 Å². The first-order valence-corrected chi connectivity index (χ1v) is 6.57. The fourth-order valence-electron chi connectivity index (χ4n) is 2.53. The summed E-state index contributed by atoms with van der Waals surface area (Å²) in [5, 5.41) is 3.43. The molecule has 1 aromatic rings. The molecule has 1 aliphatic carbocycles. The lowest BCUT2D eigenvalue weighted by Crippen LogP contribution is -2.26. The predicted molar refractivity (Wildman–Crippen MR) is 70.1 cm³/mol. The van der Waals surface area contributed by atoms with Crippen molar-refractivity contribution >= 4 is 5.97 Å². The van der Waals surface area contributed by atoms with Gasteiger partial charge in [0.2, 0.25) is 0 Å². The first-order valence-electron chi connectivity index (χ1n) is 6.57. The molecule has 2 rings (SSSR count). The molecule has 0 saturated heterocycles. The molecule has 106 valence electrons. The summed E-state index contributed by atoms with van der Waals surface area (Å²) >= 11 is 0. The highest BCUT2D eigenvalue weighted by atomic mass is 16.5. The second-order valence-corrected chi connectivity index (χ2v) is 4.92. The van der Waals surface area contributed by atoms with Gasteiger partial charge < -0.3 is 19.2 Å². The van der Waals surface area contributed by atoms with Gasteiger partial charge in [0.1, 0.15) is 17.1 Å². The first-order chi connectivity index (χ1) is 9.13. The molecule has 1 N–H and O–H groups in total. The molecule has 1 heterocycles. The highest BCUT2D eigenvalue weighted by molar-refractivity contribution is 5.90. The van der Waals surface area contributed by atoms with E-state index in [0.717, 1.165) is 25.0 Å². The lowest BCUT2D eigenvalue weighted by molar-refractivity contribution is 0.0599. The fraction of sp³-hybridized carbons (Fsp3) is 0.643. The Morgan fingerprint density at radius 3 is 2.89 bits per heavy atom. The molecule has 0 bridgehead atoms. The van der Waals surface area contributed by atoms with E-state index < -0.39 is 0 Å². The number of esters is 1. The molecule has 5 nitrogen and oxygen atoms in total. The van der Waals surface area contributed by atoms with Crippen molar-refractivity contribution in [1.82, 2.24) is 5.32 Å². The van der Waals surface area contributed by atoms with Crippen molar-refractivity contribution in [3.63, 3.8) is 0 Å². The van der Waals surface area contributed by atoms with Crippen LogP contribution in [-0.4, -0.2) is 32.3 Å². The van der Waals surface area contributed by atoms with Crippen molar-refractivity contribution in [2.75, 3.05) is 14.2 Å². The van der Waals surface area contributed by atoms with E-state index in [1.54, 1.807) is 20.1 Å². The monoisotopic (exact) mass is 267 g/mol. The number of nitrogens with one attached hydrogen (secondary N) is 1. The zero-order valence-electron chi connectivity index (χ0n) is 11.7. The molecule has 1 saturated carbocycles. The molecule has 0 aromatic carbocycles. The summed E-state index contributed by atoms with van der Waals surface area (Å²) in [7, 11) is 3.13. The molecule has 5 heteroatoms. The molecule has 1 aromatic heterocycles. The van der Waals surface area contributed by atoms with Crippen LogP contribution in [0.3, 0.4) is 0 Å². The molecular formula is C14H21NO4. The summed E-state index contributed by atoms with van der Waals surface area (Å²) in [4.78, 5) is 11.5. The smallest absolute Gasteiger partial charge is 0.341 e. The van der Waals surface area contributed by atoms with Gasteiger partial charge in [0.15, 0.2) is 0 Å². The van der Waals surface area contributed by atoms with Gasteiger partial charge in [0.05, 0.1) is 19.8 Å². The zero-order chi connectivity index (χ0) is 13.8. The van der Waals surface area contributed by atoms with Crippen LogP contribution in [0.1, 0.15) is 41.1 Å². The van der Waals surface area contributed by atoms with Gasteiger partial charge in [-0.3, -0.25) is 0 Å². The van der Waals surface area contributed by atoms with Crippen molar-refractivity contribution in [1.29, 1.82) is 0 Å². The second kappa shape index (κ2) is 6.21. The molecule has 1 fully saturated rings. The summed E-state index contributed by atoms with van der Waals surface area (Å²) in [5.74, 6) is 1.01. The number of carbonyl (C=O) groups is 1. The van der Waals surface area contributed by atoms with Gasteiger partial charge in [-0.2, -0.15) is 0 Å². The molecular weight excluding hydrogens is 246 g/mol. The Morgan fingerprint density at radius 1 is 1.47 bits per heavy atom. The van der Waals surface area contributed by atoms with E-state index in [0.29, 0.717) is 30.0 Å². The van der Waals surface area contributed by atoms with E-state index in [4.69, 9.17) is 13.9 Å². The molecule has 1 aliphatic rings. The molecule has 0 aliphatic heterocycles. The maximum absolute atomic E-state index is 11.5. The van der Waals surface area contributed by atoms with E-state index in [9.17, 15) is 4.79 Å². The van der Waals surface area contributed by atoms with Gasteiger partial charge in [0.25, 0.3) is 0 Å². The van der Waals surface area contributed by atoms with Gasteiger partial charge in [-0.05, 0) is 32.3 Å². The summed E-state index contributed by atoms with van der Waals surface area (Å²) in [6.45, 7) is 2.39. The maximum atomic E-state index is 11.5. The van der Waals surface area contributed by atoms with Crippen LogP contribution in [0.5, 0.6) is 0 Å². The van der Waals surface area contributed by atoms with E-state index in [1.807, 2.05) is 0 Å². The predicted octanol–water partition coefficient (Wildman–Crippen LogP) is 2.03. The van der Waals surface area contributed by atoms with Crippen molar-refractivity contribution in [2.45, 2.75) is 44.9 Å². The third-order valence-electron chi connectivity index (χ3n) is 3.66. The van der Waals surface area contributed by atoms with Gasteiger partial charge in [0, 0.05) is 13.2 Å². The molecule has 2 atom stereocenters. The van der Waals surface area contributed by atoms with Crippen LogP contribution in [0.25, 0.3) is 0 Å². The molecule has 19 heavy (non-hydrogen) atoms. The van der Waals surface area contributed by atoms with Gasteiger partial charge in [-0.1, -0.05) is 0 Å². The van der Waals surface area contributed by atoms with E-state index in [1.165, 1.54) is 7.11 Å². The Bertz CT molecular complexity index is 441. The largest absolute Gasteiger partial charge is 0.465 e. The van der Waals surface area contributed by atoms with Gasteiger partial charge in [-0.25, -0.2) is 4.79 Å². The molecule has 0 spiro atoms. The number of rotatable bonds is 5. The minimum absolute atomic E-state index is 0.354. The van der Waals surface area contributed by atoms with Crippen LogP contribution in [0.4, 0.5) is 0 Å². The van der Waals surface area contributed by atoms with Gasteiger partial charge in [-0.15, -0.1) is 0 Å². The fourth-order valence-corrected chi connectivity index (χ4v) is 2.53. The van der Waals surface area contributed by atoms with Crippen LogP contribution >= 0.6 is 0 Å². The zero-order valence-corrected chi connectivity index (χ0v) is 11.7. The Hall–Kier alpha value is -1.33. The highest BCUT2D eigenvalue weighted by Gasteiger charge is 2.24. The number of ether oxygens (including phenoxy) is 2. The first kappa shape index (κ1) is 14.1. The van der Waals surface area contributed by atoms with Crippen molar-refractivity contribution < 1.29 is 18.7 Å². The van der Waals surface area contributed by atoms with Crippen molar-refractivity contribution in [2.24, 2.45) is 0 Å². The van der Waals surface area contributed by atoms with Crippen molar-refractivity contribution in [3.8, 4) is 0 Å². The van der Waals surface area contributed by atoms with Crippen LogP contribution in [0.15, 0.2) is 10.5 Å². The number of hydrogen-bond acceptors (Lipinski definition) is 5. The van der Waals surface area contributed by atoms with E-state index >= 15 is 0 Å². The van der Waals surface area contributed by atoms with Gasteiger partial charge >= 0.3 is 5.97 Å². The average Bonchev–Trinajstić information content (AvgIpc) is 3.01. The van der Waals surface area contributed by atoms with Crippen LogP contribution in [0.2, 0.25) is 0 Å². The Morgan fingerprint density at radius 2 is 2.26 bits per heavy atom. The Labute approximate surface area is 113 Å². The summed E-state index contributed by atoms with van der Waals surface area (Å²) in [5.41, 5.74) is 0.500. The number of methoxy groups -OCH3 is 2. The second-order valence-electron chi connectivity index (χ2n) is 4.92. The number of carbonyl (C=O) groups excluding carboxylic acids is 1. The lowest BCUT2D eigenvalue weighted by Gasteiger charge is -2.11. The number of aryl methyl sites for hydroxylation is 1. The van der Waals surface area contributed by atoms with E-state index in [-0.39, 0.29) is 5.97 Å².